The summed E-state index contributed by atoms with van der Waals surface area (Å²) in [6.07, 6.45) is 1.24. The molecule has 0 radical (unpaired) electrons. The number of rotatable bonds is 7. The lowest BCUT2D eigenvalue weighted by Crippen LogP contribution is -2.03. The zero-order valence-electron chi connectivity index (χ0n) is 13.9. The van der Waals surface area contributed by atoms with Crippen molar-refractivity contribution in [3.8, 4) is 28.7 Å². The van der Waals surface area contributed by atoms with Crippen molar-refractivity contribution in [3.05, 3.63) is 41.5 Å². The van der Waals surface area contributed by atoms with Gasteiger partial charge in [-0.15, -0.1) is 0 Å². The topological polar surface area (TPSA) is 57.2 Å². The molecule has 0 unspecified atom stereocenters. The quantitative estimate of drug-likeness (QED) is 0.849. The van der Waals surface area contributed by atoms with Gasteiger partial charge in [0.25, 0.3) is 0 Å². The number of hydrogen-bond acceptors (Lipinski definition) is 5. The molecule has 5 nitrogen and oxygen atoms in total. The molecule has 2 aromatic carbocycles. The Morgan fingerprint density at radius 2 is 1.35 bits per heavy atom. The number of phenolic OH excluding ortho intramolecular Hbond substituents is 1. The lowest BCUT2D eigenvalue weighted by molar-refractivity contribution is 0.323. The fourth-order valence-electron chi connectivity index (χ4n) is 2.61. The summed E-state index contributed by atoms with van der Waals surface area (Å²) in [7, 11) is 6.34. The van der Waals surface area contributed by atoms with Gasteiger partial charge in [-0.3, -0.25) is 0 Å². The summed E-state index contributed by atoms with van der Waals surface area (Å²) >= 11 is 0. The molecule has 0 aliphatic carbocycles. The van der Waals surface area contributed by atoms with Crippen LogP contribution in [0.1, 0.15) is 11.1 Å². The van der Waals surface area contributed by atoms with Crippen LogP contribution in [-0.2, 0) is 12.8 Å². The largest absolute Gasteiger partial charge is 0.508 e. The van der Waals surface area contributed by atoms with E-state index in [-0.39, 0.29) is 5.75 Å². The summed E-state index contributed by atoms with van der Waals surface area (Å²) in [5.41, 5.74) is 1.70. The summed E-state index contributed by atoms with van der Waals surface area (Å²) in [5.74, 6) is 2.66. The van der Waals surface area contributed by atoms with Gasteiger partial charge >= 0.3 is 0 Å². The van der Waals surface area contributed by atoms with E-state index >= 15 is 0 Å². The van der Waals surface area contributed by atoms with E-state index in [1.165, 1.54) is 0 Å². The van der Waals surface area contributed by atoms with Crippen LogP contribution in [0.2, 0.25) is 0 Å². The molecule has 5 heteroatoms. The number of methoxy groups -OCH3 is 4. The van der Waals surface area contributed by atoms with Crippen molar-refractivity contribution in [1.82, 2.24) is 0 Å². The first-order chi connectivity index (χ1) is 11.2. The third-order valence-corrected chi connectivity index (χ3v) is 3.74. The van der Waals surface area contributed by atoms with E-state index in [0.29, 0.717) is 35.8 Å². The van der Waals surface area contributed by atoms with Crippen LogP contribution in [0.4, 0.5) is 0 Å². The maximum Gasteiger partial charge on any atom is 0.167 e. The van der Waals surface area contributed by atoms with E-state index in [1.807, 2.05) is 12.1 Å². The Morgan fingerprint density at radius 3 is 1.83 bits per heavy atom. The molecule has 23 heavy (non-hydrogen) atoms. The van der Waals surface area contributed by atoms with Crippen molar-refractivity contribution in [2.24, 2.45) is 0 Å². The van der Waals surface area contributed by atoms with Crippen molar-refractivity contribution < 1.29 is 24.1 Å². The van der Waals surface area contributed by atoms with E-state index in [2.05, 4.69) is 0 Å². The normalized spacial score (nSPS) is 10.3. The maximum atomic E-state index is 9.93. The van der Waals surface area contributed by atoms with Crippen LogP contribution in [-0.4, -0.2) is 33.5 Å². The van der Waals surface area contributed by atoms with Gasteiger partial charge in [-0.25, -0.2) is 0 Å². The van der Waals surface area contributed by atoms with Crippen LogP contribution in [0.5, 0.6) is 28.7 Å². The monoisotopic (exact) mass is 318 g/mol. The molecule has 0 saturated carbocycles. The van der Waals surface area contributed by atoms with Crippen LogP contribution < -0.4 is 18.9 Å². The second kappa shape index (κ2) is 7.63. The molecule has 0 aliphatic heterocycles. The lowest BCUT2D eigenvalue weighted by atomic mass is 10.0. The second-order valence-corrected chi connectivity index (χ2v) is 4.95. The van der Waals surface area contributed by atoms with Crippen molar-refractivity contribution in [3.63, 3.8) is 0 Å². The minimum atomic E-state index is 0.278. The average molecular weight is 318 g/mol. The van der Waals surface area contributed by atoms with Gasteiger partial charge in [0.2, 0.25) is 0 Å². The highest BCUT2D eigenvalue weighted by Crippen LogP contribution is 2.45. The van der Waals surface area contributed by atoms with Gasteiger partial charge in [0, 0.05) is 11.6 Å². The third-order valence-electron chi connectivity index (χ3n) is 3.74. The molecular formula is C18H22O5. The van der Waals surface area contributed by atoms with Crippen LogP contribution in [0.15, 0.2) is 30.3 Å². The zero-order valence-corrected chi connectivity index (χ0v) is 13.9. The molecule has 0 heterocycles. The Balaban J connectivity index is 2.44. The molecule has 2 rings (SSSR count). The van der Waals surface area contributed by atoms with Gasteiger partial charge in [-0.05, 0) is 24.5 Å². The molecule has 124 valence electrons. The summed E-state index contributed by atoms with van der Waals surface area (Å²) < 4.78 is 21.8. The summed E-state index contributed by atoms with van der Waals surface area (Å²) in [6.45, 7) is 0. The molecule has 0 amide bonds. The molecule has 0 atom stereocenters. The summed E-state index contributed by atoms with van der Waals surface area (Å²) in [4.78, 5) is 0. The molecule has 1 N–H and O–H groups in total. The highest BCUT2D eigenvalue weighted by atomic mass is 16.5. The predicted molar refractivity (Wildman–Crippen MR) is 88.2 cm³/mol. The van der Waals surface area contributed by atoms with Crippen LogP contribution >= 0.6 is 0 Å². The fourth-order valence-corrected chi connectivity index (χ4v) is 2.61. The third kappa shape index (κ3) is 3.44. The number of benzene rings is 2. The smallest absolute Gasteiger partial charge is 0.167 e. The van der Waals surface area contributed by atoms with Crippen molar-refractivity contribution in [2.45, 2.75) is 12.8 Å². The second-order valence-electron chi connectivity index (χ2n) is 4.95. The van der Waals surface area contributed by atoms with E-state index in [1.54, 1.807) is 46.6 Å². The SMILES string of the molecule is COc1cc(OC)c(OC)c(CCc2ccccc2O)c1OC. The zero-order chi connectivity index (χ0) is 16.8. The molecule has 0 saturated heterocycles. The molecule has 0 bridgehead atoms. The van der Waals surface area contributed by atoms with Crippen molar-refractivity contribution >= 4 is 0 Å². The Morgan fingerprint density at radius 1 is 0.783 bits per heavy atom. The highest BCUT2D eigenvalue weighted by molar-refractivity contribution is 5.61. The summed E-state index contributed by atoms with van der Waals surface area (Å²) in [6, 6.07) is 9.01. The standard InChI is InChI=1S/C18H22O5/c1-20-15-11-16(21-2)18(23-4)13(17(15)22-3)10-9-12-7-5-6-8-14(12)19/h5-8,11,19H,9-10H2,1-4H3. The Bertz CT molecular complexity index is 636. The predicted octanol–water partition coefficient (Wildman–Crippen LogP) is 3.21. The number of phenols is 1. The number of aromatic hydroxyl groups is 1. The molecule has 0 aromatic heterocycles. The average Bonchev–Trinajstić information content (AvgIpc) is 2.59. The first-order valence-corrected chi connectivity index (χ1v) is 7.28. The first-order valence-electron chi connectivity index (χ1n) is 7.28. The fraction of sp³-hybridized carbons (Fsp3) is 0.333. The first kappa shape index (κ1) is 16.8. The van der Waals surface area contributed by atoms with E-state index in [9.17, 15) is 5.11 Å². The lowest BCUT2D eigenvalue weighted by Gasteiger charge is -2.19. The number of aryl methyl sites for hydroxylation is 1. The van der Waals surface area contributed by atoms with Crippen molar-refractivity contribution in [2.75, 3.05) is 28.4 Å². The van der Waals surface area contributed by atoms with E-state index in [0.717, 1.165) is 11.1 Å². The van der Waals surface area contributed by atoms with Gasteiger partial charge in [-0.1, -0.05) is 18.2 Å². The minimum Gasteiger partial charge on any atom is -0.508 e. The number of hydrogen-bond donors (Lipinski definition) is 1. The van der Waals surface area contributed by atoms with Crippen molar-refractivity contribution in [1.29, 1.82) is 0 Å². The van der Waals surface area contributed by atoms with Gasteiger partial charge in [0.05, 0.1) is 28.4 Å². The molecule has 2 aromatic rings. The number of para-hydroxylation sites is 1. The molecule has 0 spiro atoms. The van der Waals surface area contributed by atoms with Gasteiger partial charge in [0.15, 0.2) is 23.0 Å². The minimum absolute atomic E-state index is 0.278. The maximum absolute atomic E-state index is 9.93. The Hall–Kier alpha value is -2.56. The van der Waals surface area contributed by atoms with Gasteiger partial charge in [-0.2, -0.15) is 0 Å². The Labute approximate surface area is 136 Å². The molecule has 0 fully saturated rings. The van der Waals surface area contributed by atoms with Gasteiger partial charge in [0.1, 0.15) is 5.75 Å². The van der Waals surface area contributed by atoms with Crippen LogP contribution in [0, 0.1) is 0 Å². The van der Waals surface area contributed by atoms with Gasteiger partial charge < -0.3 is 24.1 Å². The Kier molecular flexibility index (Phi) is 5.57. The highest BCUT2D eigenvalue weighted by Gasteiger charge is 2.21. The van der Waals surface area contributed by atoms with Crippen LogP contribution in [0.3, 0.4) is 0 Å². The van der Waals surface area contributed by atoms with E-state index < -0.39 is 0 Å². The van der Waals surface area contributed by atoms with Crippen LogP contribution in [0.25, 0.3) is 0 Å². The number of ether oxygens (including phenoxy) is 4. The van der Waals surface area contributed by atoms with E-state index in [4.69, 9.17) is 18.9 Å². The summed E-state index contributed by atoms with van der Waals surface area (Å²) in [5, 5.41) is 9.93. The molecular weight excluding hydrogens is 296 g/mol. The molecule has 0 aliphatic rings.